The summed E-state index contributed by atoms with van der Waals surface area (Å²) in [5.74, 6) is -0.903. The van der Waals surface area contributed by atoms with Crippen LogP contribution in [0.4, 0.5) is 9.59 Å². The van der Waals surface area contributed by atoms with Gasteiger partial charge in [-0.3, -0.25) is 9.59 Å². The molecule has 0 rings (SSSR count). The summed E-state index contributed by atoms with van der Waals surface area (Å²) in [4.78, 5) is 43.8. The molecule has 0 saturated heterocycles. The summed E-state index contributed by atoms with van der Waals surface area (Å²) < 4.78 is 18.7. The number of ether oxygens (including phenoxy) is 4. The van der Waals surface area contributed by atoms with Crippen molar-refractivity contribution in [1.29, 1.82) is 0 Å². The molecule has 2 atom stereocenters. The molecule has 0 aromatic heterocycles. The average molecular weight is 337 g/mol. The van der Waals surface area contributed by atoms with Gasteiger partial charge in [0.1, 0.15) is 0 Å². The van der Waals surface area contributed by atoms with E-state index in [1.54, 1.807) is 0 Å². The number of rotatable bonds is 7. The van der Waals surface area contributed by atoms with Crippen LogP contribution < -0.4 is 5.32 Å². The lowest BCUT2D eigenvalue weighted by Crippen LogP contribution is -2.31. The number of amides is 1. The predicted octanol–water partition coefficient (Wildman–Crippen LogP) is 1.40. The van der Waals surface area contributed by atoms with Gasteiger partial charge in [-0.1, -0.05) is 0 Å². The zero-order valence-electron chi connectivity index (χ0n) is 12.7. The predicted molar refractivity (Wildman–Crippen MR) is 75.9 cm³/mol. The van der Waals surface area contributed by atoms with Crippen molar-refractivity contribution in [3.8, 4) is 0 Å². The lowest BCUT2D eigenvalue weighted by molar-refractivity contribution is -0.162. The van der Waals surface area contributed by atoms with Crippen molar-refractivity contribution in [1.82, 2.24) is 5.32 Å². The van der Waals surface area contributed by atoms with Gasteiger partial charge in [-0.05, 0) is 11.8 Å². The number of esters is 2. The van der Waals surface area contributed by atoms with Crippen LogP contribution in [0, 0.1) is 0 Å². The topological polar surface area (TPSA) is 117 Å². The molecule has 0 radical (unpaired) electrons. The summed E-state index contributed by atoms with van der Waals surface area (Å²) >= 11 is 0.795. The molecule has 126 valence electrons. The summed E-state index contributed by atoms with van der Waals surface area (Å²) in [6.45, 7) is 5.32. The van der Waals surface area contributed by atoms with E-state index in [1.807, 2.05) is 0 Å². The molecule has 0 aliphatic carbocycles. The van der Waals surface area contributed by atoms with Crippen LogP contribution in [0.5, 0.6) is 0 Å². The molecule has 0 unspecified atom stereocenters. The molecule has 0 saturated carbocycles. The standard InChI is InChI=1S/C12H19NO8S/c1-7(14)18-9(3)20-11(16)13-5-6-22-12(17)21-10(4)19-8(2)15/h9-10H,5-6H2,1-4H3,(H,13,16)/t9-,10-/m0/s1. The highest BCUT2D eigenvalue weighted by atomic mass is 32.2. The first-order valence-corrected chi connectivity index (χ1v) is 7.31. The monoisotopic (exact) mass is 337 g/mol. The van der Waals surface area contributed by atoms with E-state index in [-0.39, 0.29) is 12.3 Å². The van der Waals surface area contributed by atoms with E-state index >= 15 is 0 Å². The van der Waals surface area contributed by atoms with Crippen LogP contribution in [0.15, 0.2) is 0 Å². The SMILES string of the molecule is CC(=O)O[C@H](C)OC(=O)NCCSC(=O)O[C@@H](C)OC(C)=O. The van der Waals surface area contributed by atoms with Crippen LogP contribution >= 0.6 is 11.8 Å². The van der Waals surface area contributed by atoms with Crippen LogP contribution in [0.1, 0.15) is 27.7 Å². The molecule has 0 spiro atoms. The van der Waals surface area contributed by atoms with E-state index in [0.717, 1.165) is 11.8 Å². The van der Waals surface area contributed by atoms with Gasteiger partial charge in [-0.25, -0.2) is 9.59 Å². The van der Waals surface area contributed by atoms with Crippen molar-refractivity contribution >= 4 is 35.1 Å². The lowest BCUT2D eigenvalue weighted by atomic mass is 10.7. The van der Waals surface area contributed by atoms with Crippen molar-refractivity contribution in [2.24, 2.45) is 0 Å². The fourth-order valence-corrected chi connectivity index (χ4v) is 1.74. The summed E-state index contributed by atoms with van der Waals surface area (Å²) in [6.07, 6.45) is -2.75. The second kappa shape index (κ2) is 10.7. The first-order chi connectivity index (χ1) is 10.2. The van der Waals surface area contributed by atoms with Crippen LogP contribution in [0.25, 0.3) is 0 Å². The van der Waals surface area contributed by atoms with E-state index < -0.39 is 35.9 Å². The van der Waals surface area contributed by atoms with E-state index in [9.17, 15) is 19.2 Å². The second-order valence-corrected chi connectivity index (χ2v) is 4.93. The minimum absolute atomic E-state index is 0.132. The van der Waals surface area contributed by atoms with E-state index in [4.69, 9.17) is 9.47 Å². The Labute approximate surface area is 132 Å². The maximum absolute atomic E-state index is 11.3. The molecule has 0 aliphatic rings. The number of alkyl carbamates (subject to hydrolysis) is 1. The molecule has 0 bridgehead atoms. The van der Waals surface area contributed by atoms with Gasteiger partial charge in [0, 0.05) is 40.0 Å². The number of hydrogen-bond acceptors (Lipinski definition) is 9. The zero-order valence-corrected chi connectivity index (χ0v) is 13.6. The molecule has 1 N–H and O–H groups in total. The first-order valence-electron chi connectivity index (χ1n) is 6.33. The molecule has 22 heavy (non-hydrogen) atoms. The molecule has 0 aliphatic heterocycles. The Morgan fingerprint density at radius 2 is 1.41 bits per heavy atom. The molecule has 0 fully saturated rings. The van der Waals surface area contributed by atoms with Crippen molar-refractivity contribution in [2.75, 3.05) is 12.3 Å². The summed E-state index contributed by atoms with van der Waals surface area (Å²) in [7, 11) is 0. The van der Waals surface area contributed by atoms with Crippen molar-refractivity contribution in [2.45, 2.75) is 40.3 Å². The largest absolute Gasteiger partial charge is 0.426 e. The highest BCUT2D eigenvalue weighted by Crippen LogP contribution is 2.08. The van der Waals surface area contributed by atoms with Gasteiger partial charge in [0.25, 0.3) is 0 Å². The third-order valence-corrected chi connectivity index (χ3v) is 2.53. The Balaban J connectivity index is 3.74. The first kappa shape index (κ1) is 20.0. The van der Waals surface area contributed by atoms with Gasteiger partial charge in [0.05, 0.1) is 0 Å². The Kier molecular flexibility index (Phi) is 9.75. The molecule has 1 amide bonds. The average Bonchev–Trinajstić information content (AvgIpc) is 2.32. The fourth-order valence-electron chi connectivity index (χ4n) is 1.16. The van der Waals surface area contributed by atoms with Crippen molar-refractivity contribution in [3.63, 3.8) is 0 Å². The molecule has 10 heteroatoms. The van der Waals surface area contributed by atoms with Gasteiger partial charge in [-0.15, -0.1) is 0 Å². The molecule has 0 aromatic carbocycles. The number of thioether (sulfide) groups is 1. The summed E-state index contributed by atoms with van der Waals surface area (Å²) in [5, 5.41) is 1.72. The molecular formula is C12H19NO8S. The normalized spacial score (nSPS) is 12.5. The van der Waals surface area contributed by atoms with E-state index in [2.05, 4.69) is 14.8 Å². The molecule has 0 heterocycles. The van der Waals surface area contributed by atoms with E-state index in [1.165, 1.54) is 27.7 Å². The van der Waals surface area contributed by atoms with Gasteiger partial charge in [0.2, 0.25) is 12.6 Å². The Hall–Kier alpha value is -1.97. The maximum atomic E-state index is 11.3. The second-order valence-electron chi connectivity index (χ2n) is 3.90. The lowest BCUT2D eigenvalue weighted by Gasteiger charge is -2.13. The number of nitrogens with one attached hydrogen (secondary N) is 1. The number of carbonyl (C=O) groups is 4. The summed E-state index contributed by atoms with van der Waals surface area (Å²) in [5.41, 5.74) is 0. The van der Waals surface area contributed by atoms with E-state index in [0.29, 0.717) is 0 Å². The zero-order chi connectivity index (χ0) is 17.1. The van der Waals surface area contributed by atoms with Crippen LogP contribution in [-0.2, 0) is 28.5 Å². The molecule has 9 nitrogen and oxygen atoms in total. The van der Waals surface area contributed by atoms with Crippen LogP contribution in [-0.4, -0.2) is 48.2 Å². The number of carbonyl (C=O) groups excluding carboxylic acids is 4. The van der Waals surface area contributed by atoms with Gasteiger partial charge in [0.15, 0.2) is 0 Å². The number of hydrogen-bond donors (Lipinski definition) is 1. The molecular weight excluding hydrogens is 318 g/mol. The van der Waals surface area contributed by atoms with Gasteiger partial charge in [-0.2, -0.15) is 0 Å². The third kappa shape index (κ3) is 11.8. The van der Waals surface area contributed by atoms with Crippen molar-refractivity contribution in [3.05, 3.63) is 0 Å². The highest BCUT2D eigenvalue weighted by molar-refractivity contribution is 8.13. The minimum atomic E-state index is -1.00. The Morgan fingerprint density at radius 3 is 1.91 bits per heavy atom. The Morgan fingerprint density at radius 1 is 0.909 bits per heavy atom. The Bertz CT molecular complexity index is 376. The summed E-state index contributed by atoms with van der Waals surface area (Å²) in [6, 6.07) is 0. The minimum Gasteiger partial charge on any atom is -0.426 e. The van der Waals surface area contributed by atoms with Gasteiger partial charge < -0.3 is 24.3 Å². The highest BCUT2D eigenvalue weighted by Gasteiger charge is 2.13. The molecule has 0 aromatic rings. The van der Waals surface area contributed by atoms with Crippen LogP contribution in [0.2, 0.25) is 0 Å². The van der Waals surface area contributed by atoms with Gasteiger partial charge >= 0.3 is 23.3 Å². The van der Waals surface area contributed by atoms with Crippen LogP contribution in [0.3, 0.4) is 0 Å². The fraction of sp³-hybridized carbons (Fsp3) is 0.667. The quantitative estimate of drug-likeness (QED) is 0.418. The third-order valence-electron chi connectivity index (χ3n) is 1.79. The smallest absolute Gasteiger partial charge is 0.410 e. The van der Waals surface area contributed by atoms with Crippen molar-refractivity contribution < 1.29 is 38.1 Å². The maximum Gasteiger partial charge on any atom is 0.410 e.